The zero-order chi connectivity index (χ0) is 16.8. The second-order valence-corrected chi connectivity index (χ2v) is 8.43. The summed E-state index contributed by atoms with van der Waals surface area (Å²) in [6.45, 7) is 4.74. The quantitative estimate of drug-likeness (QED) is 0.619. The number of imide groups is 1. The molecule has 0 aromatic carbocycles. The molecule has 3 rings (SSSR count). The first-order valence-corrected chi connectivity index (χ1v) is 9.14. The molecular weight excluding hydrogens is 310 g/mol. The molecule has 0 aromatic heterocycles. The Morgan fingerprint density at radius 1 is 1.48 bits per heavy atom. The van der Waals surface area contributed by atoms with Crippen LogP contribution in [-0.2, 0) is 9.59 Å². The van der Waals surface area contributed by atoms with E-state index in [1.165, 1.54) is 22.7 Å². The summed E-state index contributed by atoms with van der Waals surface area (Å²) in [4.78, 5) is 26.0. The first-order valence-electron chi connectivity index (χ1n) is 8.15. The number of terminal acetylenes is 1. The molecular formula is C18H23NO3S. The molecule has 0 spiro atoms. The van der Waals surface area contributed by atoms with E-state index in [1.54, 1.807) is 0 Å². The Kier molecular flexibility index (Phi) is 4.10. The summed E-state index contributed by atoms with van der Waals surface area (Å²) in [6.07, 6.45) is 9.69. The molecule has 5 heteroatoms. The maximum Gasteiger partial charge on any atom is 0.267 e. The predicted molar refractivity (Wildman–Crippen MR) is 90.3 cm³/mol. The van der Waals surface area contributed by atoms with Crippen molar-refractivity contribution >= 4 is 23.6 Å². The van der Waals surface area contributed by atoms with Gasteiger partial charge in [0, 0.05) is 30.2 Å². The van der Waals surface area contributed by atoms with Crippen molar-refractivity contribution in [1.82, 2.24) is 4.90 Å². The number of fused-ring (bicyclic) bond motifs is 2. The van der Waals surface area contributed by atoms with Crippen molar-refractivity contribution in [3.05, 3.63) is 11.0 Å². The molecule has 3 atom stereocenters. The van der Waals surface area contributed by atoms with Gasteiger partial charge in [0.2, 0.25) is 0 Å². The average molecular weight is 333 g/mol. The van der Waals surface area contributed by atoms with Crippen molar-refractivity contribution in [1.29, 1.82) is 0 Å². The number of aliphatic hydroxyl groups excluding tert-OH is 1. The Bertz CT molecular complexity index is 618. The molecule has 23 heavy (non-hydrogen) atoms. The molecule has 0 saturated heterocycles. The van der Waals surface area contributed by atoms with Gasteiger partial charge in [-0.1, -0.05) is 13.8 Å². The fourth-order valence-corrected chi connectivity index (χ4v) is 6.10. The molecule has 4 nitrogen and oxygen atoms in total. The molecule has 1 heterocycles. The maximum absolute atomic E-state index is 12.4. The summed E-state index contributed by atoms with van der Waals surface area (Å²) in [6, 6.07) is 0. The molecule has 2 aliphatic carbocycles. The number of aliphatic hydroxyl groups is 1. The first kappa shape index (κ1) is 16.6. The van der Waals surface area contributed by atoms with Crippen LogP contribution in [0.3, 0.4) is 0 Å². The van der Waals surface area contributed by atoms with E-state index in [2.05, 4.69) is 19.8 Å². The van der Waals surface area contributed by atoms with Crippen molar-refractivity contribution in [2.24, 2.45) is 16.7 Å². The second kappa shape index (κ2) is 5.68. The minimum atomic E-state index is -0.311. The van der Waals surface area contributed by atoms with Gasteiger partial charge in [-0.05, 0) is 30.6 Å². The van der Waals surface area contributed by atoms with Crippen LogP contribution in [0.5, 0.6) is 0 Å². The number of nitrogens with zero attached hydrogens (tertiary/aromatic N) is 1. The SMILES string of the molecule is C#CCCN1C(=O)C=C(SC[C@]23CC[C@H](C[C@H]2O)C3(C)C)C1=O. The Balaban J connectivity index is 1.70. The molecule has 2 amide bonds. The minimum absolute atomic E-state index is 0.0782. The van der Waals surface area contributed by atoms with Gasteiger partial charge in [0.25, 0.3) is 11.8 Å². The fraction of sp³-hybridized carbons (Fsp3) is 0.667. The van der Waals surface area contributed by atoms with Crippen molar-refractivity contribution < 1.29 is 14.7 Å². The van der Waals surface area contributed by atoms with Crippen LogP contribution in [0, 0.1) is 29.1 Å². The highest BCUT2D eigenvalue weighted by molar-refractivity contribution is 8.04. The van der Waals surface area contributed by atoms with Gasteiger partial charge < -0.3 is 5.11 Å². The van der Waals surface area contributed by atoms with Gasteiger partial charge in [-0.15, -0.1) is 24.1 Å². The number of hydrogen-bond donors (Lipinski definition) is 1. The topological polar surface area (TPSA) is 57.6 Å². The van der Waals surface area contributed by atoms with Gasteiger partial charge in [0.1, 0.15) is 0 Å². The lowest BCUT2D eigenvalue weighted by Crippen LogP contribution is -2.41. The van der Waals surface area contributed by atoms with Crippen LogP contribution >= 0.6 is 11.8 Å². The summed E-state index contributed by atoms with van der Waals surface area (Å²) in [5.74, 6) is 3.18. The smallest absolute Gasteiger partial charge is 0.267 e. The largest absolute Gasteiger partial charge is 0.392 e. The van der Waals surface area contributed by atoms with E-state index in [0.29, 0.717) is 23.0 Å². The van der Waals surface area contributed by atoms with E-state index >= 15 is 0 Å². The highest BCUT2D eigenvalue weighted by atomic mass is 32.2. The predicted octanol–water partition coefficient (Wildman–Crippen LogP) is 2.18. The molecule has 0 unspecified atom stereocenters. The zero-order valence-corrected chi connectivity index (χ0v) is 14.5. The summed E-state index contributed by atoms with van der Waals surface area (Å²) < 4.78 is 0. The molecule has 0 radical (unpaired) electrons. The summed E-state index contributed by atoms with van der Waals surface area (Å²) >= 11 is 1.42. The van der Waals surface area contributed by atoms with Crippen molar-refractivity contribution in [3.63, 3.8) is 0 Å². The van der Waals surface area contributed by atoms with Crippen molar-refractivity contribution in [2.45, 2.75) is 45.6 Å². The molecule has 0 aromatic rings. The van der Waals surface area contributed by atoms with E-state index in [0.717, 1.165) is 19.3 Å². The minimum Gasteiger partial charge on any atom is -0.392 e. The molecule has 124 valence electrons. The van der Waals surface area contributed by atoms with E-state index < -0.39 is 0 Å². The van der Waals surface area contributed by atoms with E-state index in [4.69, 9.17) is 6.42 Å². The zero-order valence-electron chi connectivity index (χ0n) is 13.7. The van der Waals surface area contributed by atoms with Gasteiger partial charge in [-0.3, -0.25) is 14.5 Å². The summed E-state index contributed by atoms with van der Waals surface area (Å²) in [5, 5.41) is 10.5. The van der Waals surface area contributed by atoms with Crippen LogP contribution in [0.15, 0.2) is 11.0 Å². The highest BCUT2D eigenvalue weighted by Crippen LogP contribution is 2.66. The first-order chi connectivity index (χ1) is 10.8. The Morgan fingerprint density at radius 3 is 2.78 bits per heavy atom. The van der Waals surface area contributed by atoms with E-state index in [1.807, 2.05) is 0 Å². The Morgan fingerprint density at radius 2 is 2.22 bits per heavy atom. The lowest BCUT2D eigenvalue weighted by Gasteiger charge is -2.40. The number of hydrogen-bond acceptors (Lipinski definition) is 4. The number of carbonyl (C=O) groups excluding carboxylic acids is 2. The normalized spacial score (nSPS) is 34.9. The number of thioether (sulfide) groups is 1. The third kappa shape index (κ3) is 2.35. The van der Waals surface area contributed by atoms with Crippen LogP contribution in [-0.4, -0.2) is 40.2 Å². The summed E-state index contributed by atoms with van der Waals surface area (Å²) in [5.41, 5.74) is -0.0759. The number of amides is 2. The van der Waals surface area contributed by atoms with Gasteiger partial charge in [0.15, 0.2) is 0 Å². The molecule has 2 fully saturated rings. The highest BCUT2D eigenvalue weighted by Gasteiger charge is 2.63. The Labute approximate surface area is 141 Å². The Hall–Kier alpha value is -1.25. The number of carbonyl (C=O) groups is 2. The molecule has 1 N–H and O–H groups in total. The van der Waals surface area contributed by atoms with Crippen LogP contribution < -0.4 is 0 Å². The summed E-state index contributed by atoms with van der Waals surface area (Å²) in [7, 11) is 0. The van der Waals surface area contributed by atoms with Gasteiger partial charge in [-0.25, -0.2) is 0 Å². The van der Waals surface area contributed by atoms with Crippen LogP contribution in [0.2, 0.25) is 0 Å². The lowest BCUT2D eigenvalue weighted by atomic mass is 9.70. The molecule has 1 aliphatic heterocycles. The molecule has 2 bridgehead atoms. The van der Waals surface area contributed by atoms with Crippen molar-refractivity contribution in [2.75, 3.05) is 12.3 Å². The van der Waals surface area contributed by atoms with Crippen LogP contribution in [0.4, 0.5) is 0 Å². The van der Waals surface area contributed by atoms with Gasteiger partial charge >= 0.3 is 0 Å². The number of rotatable bonds is 5. The average Bonchev–Trinajstić information content (AvgIpc) is 2.98. The van der Waals surface area contributed by atoms with Crippen LogP contribution in [0.25, 0.3) is 0 Å². The monoisotopic (exact) mass is 333 g/mol. The van der Waals surface area contributed by atoms with E-state index in [-0.39, 0.29) is 35.3 Å². The van der Waals surface area contributed by atoms with Crippen LogP contribution in [0.1, 0.15) is 39.5 Å². The maximum atomic E-state index is 12.4. The standard InChI is InChI=1S/C18H23NO3S/c1-4-5-8-19-15(21)10-13(16(19)22)23-11-18-7-6-12(9-14(18)20)17(18,2)3/h1,10,12,14,20H,5-9,11H2,2-3H3/t12-,14-,18-/m1/s1. The fourth-order valence-electron chi connectivity index (χ4n) is 4.56. The van der Waals surface area contributed by atoms with Crippen molar-refractivity contribution in [3.8, 4) is 12.3 Å². The van der Waals surface area contributed by atoms with Gasteiger partial charge in [-0.2, -0.15) is 0 Å². The molecule has 2 saturated carbocycles. The third-order valence-electron chi connectivity index (χ3n) is 6.33. The molecule has 3 aliphatic rings. The second-order valence-electron chi connectivity index (χ2n) is 7.41. The van der Waals surface area contributed by atoms with E-state index in [9.17, 15) is 14.7 Å². The van der Waals surface area contributed by atoms with Gasteiger partial charge in [0.05, 0.1) is 11.0 Å². The third-order valence-corrected chi connectivity index (χ3v) is 7.59. The lowest BCUT2D eigenvalue weighted by molar-refractivity contribution is -0.136.